The van der Waals surface area contributed by atoms with E-state index < -0.39 is 0 Å². The Bertz CT molecular complexity index is 222. The van der Waals surface area contributed by atoms with E-state index in [4.69, 9.17) is 14.7 Å². The summed E-state index contributed by atoms with van der Waals surface area (Å²) in [6, 6.07) is 2.25. The molecule has 0 spiro atoms. The van der Waals surface area contributed by atoms with Crippen LogP contribution in [-0.4, -0.2) is 24.4 Å². The van der Waals surface area contributed by atoms with Crippen molar-refractivity contribution < 1.29 is 9.47 Å². The Morgan fingerprint density at radius 3 is 2.70 bits per heavy atom. The van der Waals surface area contributed by atoms with Crippen molar-refractivity contribution in [1.29, 1.82) is 5.26 Å². The first-order valence-electron chi connectivity index (χ1n) is 3.60. The topological polar surface area (TPSA) is 45.5 Å². The molecule has 0 aromatic heterocycles. The number of hydrogen-bond acceptors (Lipinski definition) is 3. The van der Waals surface area contributed by atoms with Gasteiger partial charge >= 0.3 is 0 Å². The van der Waals surface area contributed by atoms with Gasteiger partial charge in [0, 0.05) is 0 Å². The molecular formula is C7H7NO2. The van der Waals surface area contributed by atoms with E-state index in [2.05, 4.69) is 6.07 Å². The van der Waals surface area contributed by atoms with Gasteiger partial charge in [-0.05, 0) is 6.42 Å². The zero-order chi connectivity index (χ0) is 6.72. The van der Waals surface area contributed by atoms with E-state index in [0.717, 1.165) is 6.42 Å². The van der Waals surface area contributed by atoms with E-state index in [0.29, 0.717) is 6.10 Å². The van der Waals surface area contributed by atoms with Crippen LogP contribution in [0.1, 0.15) is 6.42 Å². The Hall–Kier alpha value is -0.590. The molecule has 0 amide bonds. The van der Waals surface area contributed by atoms with Crippen LogP contribution >= 0.6 is 0 Å². The van der Waals surface area contributed by atoms with Crippen LogP contribution in [0.25, 0.3) is 0 Å². The minimum Gasteiger partial charge on any atom is -0.368 e. The number of ether oxygens (including phenoxy) is 2. The van der Waals surface area contributed by atoms with Gasteiger partial charge in [0.2, 0.25) is 0 Å². The Labute approximate surface area is 58.5 Å². The van der Waals surface area contributed by atoms with Gasteiger partial charge in [0.05, 0.1) is 18.1 Å². The minimum atomic E-state index is 0.105. The minimum absolute atomic E-state index is 0.105. The van der Waals surface area contributed by atoms with Crippen LogP contribution in [-0.2, 0) is 9.47 Å². The van der Waals surface area contributed by atoms with Crippen molar-refractivity contribution in [2.45, 2.75) is 30.8 Å². The van der Waals surface area contributed by atoms with Gasteiger partial charge in [-0.2, -0.15) is 5.26 Å². The van der Waals surface area contributed by atoms with Crippen molar-refractivity contribution in [3.05, 3.63) is 0 Å². The Kier molecular flexibility index (Phi) is 0.697. The first-order chi connectivity index (χ1) is 4.90. The van der Waals surface area contributed by atoms with Crippen LogP contribution in [0, 0.1) is 17.2 Å². The number of nitriles is 1. The fourth-order valence-corrected chi connectivity index (χ4v) is 2.08. The Balaban J connectivity index is 1.93. The van der Waals surface area contributed by atoms with E-state index >= 15 is 0 Å². The highest BCUT2D eigenvalue weighted by Crippen LogP contribution is 2.50. The summed E-state index contributed by atoms with van der Waals surface area (Å²) in [7, 11) is 0. The molecule has 3 heteroatoms. The molecule has 0 saturated carbocycles. The van der Waals surface area contributed by atoms with Crippen molar-refractivity contribution in [2.24, 2.45) is 5.92 Å². The lowest BCUT2D eigenvalue weighted by atomic mass is 9.91. The smallest absolute Gasteiger partial charge is 0.114 e. The summed E-state index contributed by atoms with van der Waals surface area (Å²) >= 11 is 0. The molecule has 2 bridgehead atoms. The van der Waals surface area contributed by atoms with Crippen LogP contribution in [0.2, 0.25) is 0 Å². The largest absolute Gasteiger partial charge is 0.368 e. The van der Waals surface area contributed by atoms with E-state index in [1.165, 1.54) is 0 Å². The maximum absolute atomic E-state index is 8.64. The predicted molar refractivity (Wildman–Crippen MR) is 31.0 cm³/mol. The average molecular weight is 137 g/mol. The van der Waals surface area contributed by atoms with Crippen LogP contribution in [0.5, 0.6) is 0 Å². The standard InChI is InChI=1S/C7H7NO2/c8-2-3-1-4-6-7(10-6)5(3)9-4/h3-7H,1H2/t3-,4-,5+,6-,7+/m1/s1. The first-order valence-corrected chi connectivity index (χ1v) is 3.60. The molecule has 3 nitrogen and oxygen atoms in total. The maximum atomic E-state index is 8.64. The molecule has 3 aliphatic rings. The molecule has 0 N–H and O–H groups in total. The van der Waals surface area contributed by atoms with Gasteiger partial charge in [-0.15, -0.1) is 0 Å². The van der Waals surface area contributed by atoms with Gasteiger partial charge in [-0.25, -0.2) is 0 Å². The monoisotopic (exact) mass is 137 g/mol. The van der Waals surface area contributed by atoms with Crippen LogP contribution in [0.4, 0.5) is 0 Å². The maximum Gasteiger partial charge on any atom is 0.114 e. The number of hydrogen-bond donors (Lipinski definition) is 0. The SMILES string of the molecule is N#C[C@H]1C[C@H]2O[C@@H]1[C@@H]1O[C@@H]12. The molecule has 3 saturated heterocycles. The molecule has 0 unspecified atom stereocenters. The summed E-state index contributed by atoms with van der Waals surface area (Å²) in [5.74, 6) is 0.105. The molecule has 3 rings (SSSR count). The highest BCUT2D eigenvalue weighted by Gasteiger charge is 2.65. The summed E-state index contributed by atoms with van der Waals surface area (Å²) < 4.78 is 10.8. The predicted octanol–water partition coefficient (Wildman–Crippen LogP) is 0.0647. The van der Waals surface area contributed by atoms with Gasteiger partial charge in [-0.3, -0.25) is 0 Å². The van der Waals surface area contributed by atoms with Crippen LogP contribution in [0.15, 0.2) is 0 Å². The Morgan fingerprint density at radius 2 is 2.10 bits per heavy atom. The molecule has 0 aromatic carbocycles. The highest BCUT2D eigenvalue weighted by atomic mass is 16.7. The first kappa shape index (κ1) is 5.11. The van der Waals surface area contributed by atoms with Crippen molar-refractivity contribution in [3.8, 4) is 6.07 Å². The zero-order valence-electron chi connectivity index (χ0n) is 5.36. The van der Waals surface area contributed by atoms with E-state index in [1.54, 1.807) is 0 Å². The second kappa shape index (κ2) is 1.36. The third kappa shape index (κ3) is 0.405. The number of rotatable bonds is 0. The van der Waals surface area contributed by atoms with E-state index in [1.807, 2.05) is 0 Å². The molecule has 3 aliphatic heterocycles. The van der Waals surface area contributed by atoms with Gasteiger partial charge in [0.25, 0.3) is 0 Å². The van der Waals surface area contributed by atoms with Gasteiger partial charge in [0.1, 0.15) is 18.3 Å². The molecule has 0 radical (unpaired) electrons. The van der Waals surface area contributed by atoms with Crippen LogP contribution in [0.3, 0.4) is 0 Å². The van der Waals surface area contributed by atoms with Gasteiger partial charge in [-0.1, -0.05) is 0 Å². The molecule has 5 atom stereocenters. The lowest BCUT2D eigenvalue weighted by Gasteiger charge is -2.05. The van der Waals surface area contributed by atoms with Crippen molar-refractivity contribution >= 4 is 0 Å². The summed E-state index contributed by atoms with van der Waals surface area (Å²) in [5.41, 5.74) is 0. The zero-order valence-corrected chi connectivity index (χ0v) is 5.36. The second-order valence-electron chi connectivity index (χ2n) is 3.18. The summed E-state index contributed by atoms with van der Waals surface area (Å²) in [5, 5.41) is 8.64. The fourth-order valence-electron chi connectivity index (χ4n) is 2.08. The van der Waals surface area contributed by atoms with E-state index in [-0.39, 0.29) is 24.2 Å². The second-order valence-corrected chi connectivity index (χ2v) is 3.18. The quantitative estimate of drug-likeness (QED) is 0.443. The lowest BCUT2D eigenvalue weighted by Crippen LogP contribution is -2.22. The molecule has 10 heavy (non-hydrogen) atoms. The highest BCUT2D eigenvalue weighted by molar-refractivity contribution is 5.15. The van der Waals surface area contributed by atoms with Crippen LogP contribution < -0.4 is 0 Å². The molecule has 0 aromatic rings. The fraction of sp³-hybridized carbons (Fsp3) is 0.857. The molecule has 3 fully saturated rings. The Morgan fingerprint density at radius 1 is 1.20 bits per heavy atom. The van der Waals surface area contributed by atoms with E-state index in [9.17, 15) is 0 Å². The van der Waals surface area contributed by atoms with Crippen molar-refractivity contribution in [2.75, 3.05) is 0 Å². The number of nitrogens with zero attached hydrogens (tertiary/aromatic N) is 1. The van der Waals surface area contributed by atoms with Gasteiger partial charge in [0.15, 0.2) is 0 Å². The number of fused-ring (bicyclic) bond motifs is 5. The summed E-state index contributed by atoms with van der Waals surface area (Å²) in [6.07, 6.45) is 1.89. The third-order valence-electron chi connectivity index (χ3n) is 2.63. The molecular weight excluding hydrogens is 130 g/mol. The number of epoxide rings is 1. The lowest BCUT2D eigenvalue weighted by molar-refractivity contribution is 0.0159. The summed E-state index contributed by atoms with van der Waals surface area (Å²) in [4.78, 5) is 0. The molecule has 52 valence electrons. The molecule has 3 heterocycles. The third-order valence-corrected chi connectivity index (χ3v) is 2.63. The average Bonchev–Trinajstić information content (AvgIpc) is 2.58. The van der Waals surface area contributed by atoms with Crippen molar-refractivity contribution in [3.63, 3.8) is 0 Å². The van der Waals surface area contributed by atoms with Gasteiger partial charge < -0.3 is 9.47 Å². The summed E-state index contributed by atoms with van der Waals surface area (Å²) in [6.45, 7) is 0. The molecule has 0 aliphatic carbocycles. The van der Waals surface area contributed by atoms with Crippen molar-refractivity contribution in [1.82, 2.24) is 0 Å². The normalized spacial score (nSPS) is 61.7.